The van der Waals surface area contributed by atoms with E-state index >= 15 is 0 Å². The van der Waals surface area contributed by atoms with Gasteiger partial charge in [0.05, 0.1) is 0 Å². The van der Waals surface area contributed by atoms with E-state index in [1.807, 2.05) is 0 Å². The first-order chi connectivity index (χ1) is 8.75. The average molecular weight is 301 g/mol. The van der Waals surface area contributed by atoms with Crippen LogP contribution in [0, 0.1) is 5.92 Å². The standard InChI is InChI=1S/C17H18Se/c1-14(2)17(13-15-9-5-3-6-10-15)18-16-11-7-4-8-12-16/h3-14H,1-2H3/b17-13+. The molecule has 0 unspecified atom stereocenters. The molecule has 0 atom stereocenters. The van der Waals surface area contributed by atoms with Gasteiger partial charge in [-0.2, -0.15) is 0 Å². The SMILES string of the molecule is CC(C)/C(=C\c1ccccc1)[Se]c1ccccc1. The van der Waals surface area contributed by atoms with Crippen LogP contribution in [0.1, 0.15) is 19.4 Å². The van der Waals surface area contributed by atoms with E-state index in [1.54, 1.807) is 4.47 Å². The number of hydrogen-bond donors (Lipinski definition) is 0. The molecule has 0 saturated heterocycles. The zero-order valence-electron chi connectivity index (χ0n) is 10.8. The molecule has 1 heteroatoms. The first kappa shape index (κ1) is 13.1. The van der Waals surface area contributed by atoms with Crippen molar-refractivity contribution in [2.24, 2.45) is 5.92 Å². The molecule has 0 spiro atoms. The van der Waals surface area contributed by atoms with E-state index in [9.17, 15) is 0 Å². The number of benzene rings is 2. The van der Waals surface area contributed by atoms with Gasteiger partial charge in [-0.05, 0) is 0 Å². The summed E-state index contributed by atoms with van der Waals surface area (Å²) in [6.45, 7) is 4.55. The van der Waals surface area contributed by atoms with Gasteiger partial charge in [0.25, 0.3) is 0 Å². The molecule has 0 radical (unpaired) electrons. The van der Waals surface area contributed by atoms with Gasteiger partial charge in [-0.25, -0.2) is 0 Å². The molecule has 0 amide bonds. The maximum absolute atomic E-state index is 2.34. The molecule has 2 aromatic carbocycles. The Morgan fingerprint density at radius 1 is 0.889 bits per heavy atom. The van der Waals surface area contributed by atoms with Gasteiger partial charge in [-0.1, -0.05) is 0 Å². The van der Waals surface area contributed by atoms with Crippen LogP contribution in [0.15, 0.2) is 65.1 Å². The van der Waals surface area contributed by atoms with Crippen molar-refractivity contribution in [3.05, 3.63) is 70.7 Å². The Balaban J connectivity index is 2.22. The zero-order valence-corrected chi connectivity index (χ0v) is 12.5. The van der Waals surface area contributed by atoms with Crippen molar-refractivity contribution in [3.8, 4) is 0 Å². The van der Waals surface area contributed by atoms with Crippen molar-refractivity contribution in [2.45, 2.75) is 13.8 Å². The Morgan fingerprint density at radius 2 is 1.44 bits per heavy atom. The average Bonchev–Trinajstić information content (AvgIpc) is 2.40. The van der Waals surface area contributed by atoms with Gasteiger partial charge in [-0.3, -0.25) is 0 Å². The molecule has 0 fully saturated rings. The fourth-order valence-electron chi connectivity index (χ4n) is 1.65. The molecule has 2 rings (SSSR count). The summed E-state index contributed by atoms with van der Waals surface area (Å²) in [5.41, 5.74) is 1.30. The third-order valence-corrected chi connectivity index (χ3v) is 5.45. The van der Waals surface area contributed by atoms with E-state index in [0.717, 1.165) is 0 Å². The van der Waals surface area contributed by atoms with Crippen LogP contribution in [0.5, 0.6) is 0 Å². The van der Waals surface area contributed by atoms with E-state index in [-0.39, 0.29) is 0 Å². The predicted molar refractivity (Wildman–Crippen MR) is 81.1 cm³/mol. The third-order valence-electron chi connectivity index (χ3n) is 2.66. The Bertz CT molecular complexity index is 498. The van der Waals surface area contributed by atoms with Crippen molar-refractivity contribution in [3.63, 3.8) is 0 Å². The molecule has 2 aromatic rings. The fourth-order valence-corrected chi connectivity index (χ4v) is 3.74. The molecule has 0 aromatic heterocycles. The van der Waals surface area contributed by atoms with Gasteiger partial charge in [0, 0.05) is 0 Å². The molecule has 18 heavy (non-hydrogen) atoms. The summed E-state index contributed by atoms with van der Waals surface area (Å²) < 4.78 is 2.99. The molecule has 92 valence electrons. The minimum absolute atomic E-state index is 0.422. The minimum atomic E-state index is 0.422. The van der Waals surface area contributed by atoms with Gasteiger partial charge < -0.3 is 0 Å². The monoisotopic (exact) mass is 302 g/mol. The van der Waals surface area contributed by atoms with Crippen molar-refractivity contribution in [1.29, 1.82) is 0 Å². The predicted octanol–water partition coefficient (Wildman–Crippen LogP) is 3.71. The quantitative estimate of drug-likeness (QED) is 0.755. The van der Waals surface area contributed by atoms with Crippen molar-refractivity contribution in [2.75, 3.05) is 0 Å². The first-order valence-corrected chi connectivity index (χ1v) is 7.96. The van der Waals surface area contributed by atoms with Crippen LogP contribution in [0.25, 0.3) is 6.08 Å². The molecule has 0 nitrogen and oxygen atoms in total. The summed E-state index contributed by atoms with van der Waals surface area (Å²) in [7, 11) is 0. The molecule has 0 saturated carbocycles. The Morgan fingerprint density at radius 3 is 2.00 bits per heavy atom. The molecule has 0 aliphatic carbocycles. The Labute approximate surface area is 116 Å². The molecular formula is C17H18Se. The summed E-state index contributed by atoms with van der Waals surface area (Å²) in [5, 5.41) is 0. The third kappa shape index (κ3) is 3.87. The Hall–Kier alpha value is -1.30. The van der Waals surface area contributed by atoms with Crippen LogP contribution >= 0.6 is 0 Å². The van der Waals surface area contributed by atoms with Crippen LogP contribution in [0.2, 0.25) is 0 Å². The second kappa shape index (κ2) is 6.58. The van der Waals surface area contributed by atoms with Gasteiger partial charge >= 0.3 is 116 Å². The topological polar surface area (TPSA) is 0 Å². The summed E-state index contributed by atoms with van der Waals surface area (Å²) >= 11 is 0.422. The molecule has 0 bridgehead atoms. The summed E-state index contributed by atoms with van der Waals surface area (Å²) in [6.07, 6.45) is 2.34. The number of hydrogen-bond acceptors (Lipinski definition) is 0. The summed E-state index contributed by atoms with van der Waals surface area (Å²) in [4.78, 5) is 0. The van der Waals surface area contributed by atoms with Crippen molar-refractivity contribution >= 4 is 25.5 Å². The van der Waals surface area contributed by atoms with Crippen LogP contribution in [-0.2, 0) is 0 Å². The van der Waals surface area contributed by atoms with E-state index in [1.165, 1.54) is 10.0 Å². The molecular weight excluding hydrogens is 283 g/mol. The molecule has 0 aliphatic rings. The van der Waals surface area contributed by atoms with Gasteiger partial charge in [0.15, 0.2) is 0 Å². The molecule has 0 heterocycles. The Kier molecular flexibility index (Phi) is 4.81. The van der Waals surface area contributed by atoms with Crippen LogP contribution < -0.4 is 4.46 Å². The van der Waals surface area contributed by atoms with Crippen LogP contribution in [0.3, 0.4) is 0 Å². The zero-order chi connectivity index (χ0) is 12.8. The second-order valence-electron chi connectivity index (χ2n) is 4.53. The fraction of sp³-hybridized carbons (Fsp3) is 0.176. The van der Waals surface area contributed by atoms with E-state index in [4.69, 9.17) is 0 Å². The van der Waals surface area contributed by atoms with Gasteiger partial charge in [0.2, 0.25) is 0 Å². The summed E-state index contributed by atoms with van der Waals surface area (Å²) in [5.74, 6) is 0.602. The van der Waals surface area contributed by atoms with Gasteiger partial charge in [0.1, 0.15) is 0 Å². The first-order valence-electron chi connectivity index (χ1n) is 6.25. The second-order valence-corrected chi connectivity index (χ2v) is 6.93. The van der Waals surface area contributed by atoms with Crippen LogP contribution in [0.4, 0.5) is 0 Å². The van der Waals surface area contributed by atoms with E-state index in [0.29, 0.717) is 20.9 Å². The number of allylic oxidation sites excluding steroid dienone is 1. The number of rotatable bonds is 4. The maximum atomic E-state index is 2.34. The van der Waals surface area contributed by atoms with Gasteiger partial charge in [-0.15, -0.1) is 0 Å². The summed E-state index contributed by atoms with van der Waals surface area (Å²) in [6, 6.07) is 21.4. The molecule has 0 aliphatic heterocycles. The molecule has 0 N–H and O–H groups in total. The van der Waals surface area contributed by atoms with E-state index < -0.39 is 0 Å². The normalized spacial score (nSPS) is 11.8. The van der Waals surface area contributed by atoms with Crippen molar-refractivity contribution < 1.29 is 0 Å². The van der Waals surface area contributed by atoms with Crippen molar-refractivity contribution in [1.82, 2.24) is 0 Å². The van der Waals surface area contributed by atoms with E-state index in [2.05, 4.69) is 80.6 Å². The van der Waals surface area contributed by atoms with Crippen LogP contribution in [-0.4, -0.2) is 15.0 Å².